The van der Waals surface area contributed by atoms with Crippen molar-refractivity contribution in [2.45, 2.75) is 137 Å². The van der Waals surface area contributed by atoms with Crippen LogP contribution in [0, 0.1) is 5.92 Å². The zero-order valence-corrected chi connectivity index (χ0v) is 20.9. The van der Waals surface area contributed by atoms with Gasteiger partial charge < -0.3 is 9.47 Å². The first-order chi connectivity index (χ1) is 14.5. The molecule has 0 bridgehead atoms. The number of rotatable bonds is 19. The Bertz CT molecular complexity index is 368. The summed E-state index contributed by atoms with van der Waals surface area (Å²) < 4.78 is 9.39. The van der Waals surface area contributed by atoms with Crippen LogP contribution in [-0.2, 0) is 19.1 Å². The minimum atomic E-state index is -0.185. The third kappa shape index (κ3) is 29.1. The fraction of sp³-hybridized carbons (Fsp3) is 0.923. The smallest absolute Gasteiger partial charge is 0.305 e. The van der Waals surface area contributed by atoms with E-state index in [1.54, 1.807) is 0 Å². The fourth-order valence-electron chi connectivity index (χ4n) is 3.12. The molecule has 0 amide bonds. The van der Waals surface area contributed by atoms with Gasteiger partial charge in [-0.25, -0.2) is 0 Å². The van der Waals surface area contributed by atoms with Crippen LogP contribution in [0.5, 0.6) is 0 Å². The van der Waals surface area contributed by atoms with E-state index in [2.05, 4.69) is 25.5 Å². The van der Waals surface area contributed by atoms with Gasteiger partial charge in [0, 0.05) is 13.3 Å². The summed E-state index contributed by atoms with van der Waals surface area (Å²) in [6, 6.07) is 0. The van der Waals surface area contributed by atoms with E-state index in [0.29, 0.717) is 18.9 Å². The van der Waals surface area contributed by atoms with Crippen LogP contribution >= 0.6 is 0 Å². The quantitative estimate of drug-likeness (QED) is 0.154. The van der Waals surface area contributed by atoms with Gasteiger partial charge in [-0.1, -0.05) is 117 Å². The molecule has 0 aromatic rings. The maximum atomic E-state index is 10.9. The summed E-state index contributed by atoms with van der Waals surface area (Å²) in [4.78, 5) is 21.2. The molecule has 1 unspecified atom stereocenters. The van der Waals surface area contributed by atoms with Crippen LogP contribution in [0.1, 0.15) is 137 Å². The van der Waals surface area contributed by atoms with Gasteiger partial charge >= 0.3 is 11.9 Å². The fourth-order valence-corrected chi connectivity index (χ4v) is 3.12. The zero-order chi connectivity index (χ0) is 22.9. The van der Waals surface area contributed by atoms with E-state index in [1.807, 2.05) is 0 Å². The maximum Gasteiger partial charge on any atom is 0.305 e. The van der Waals surface area contributed by atoms with Gasteiger partial charge in [-0.15, -0.1) is 0 Å². The first-order valence-electron chi connectivity index (χ1n) is 12.7. The van der Waals surface area contributed by atoms with Crippen LogP contribution in [0.2, 0.25) is 0 Å². The molecule has 4 nitrogen and oxygen atoms in total. The van der Waals surface area contributed by atoms with Crippen LogP contribution < -0.4 is 0 Å². The lowest BCUT2D eigenvalue weighted by Gasteiger charge is -2.06. The van der Waals surface area contributed by atoms with Gasteiger partial charge in [-0.05, 0) is 12.3 Å². The number of hydrogen-bond acceptors (Lipinski definition) is 4. The number of carbonyl (C=O) groups is 2. The molecule has 30 heavy (non-hydrogen) atoms. The molecule has 0 saturated heterocycles. The molecule has 0 saturated carbocycles. The lowest BCUT2D eigenvalue weighted by atomic mass is 10.0. The van der Waals surface area contributed by atoms with Gasteiger partial charge in [0.15, 0.2) is 0 Å². The third-order valence-electron chi connectivity index (χ3n) is 5.48. The summed E-state index contributed by atoms with van der Waals surface area (Å²) in [5, 5.41) is 0. The van der Waals surface area contributed by atoms with Crippen molar-refractivity contribution >= 4 is 11.9 Å². The van der Waals surface area contributed by atoms with Crippen molar-refractivity contribution in [1.29, 1.82) is 0 Å². The van der Waals surface area contributed by atoms with E-state index in [-0.39, 0.29) is 11.9 Å². The van der Waals surface area contributed by atoms with Crippen molar-refractivity contribution in [2.75, 3.05) is 13.7 Å². The summed E-state index contributed by atoms with van der Waals surface area (Å²) in [6.07, 6.45) is 22.0. The second kappa shape index (κ2) is 26.0. The normalized spacial score (nSPS) is 11.4. The molecule has 0 N–H and O–H groups in total. The number of carbonyl (C=O) groups excluding carboxylic acids is 2. The van der Waals surface area contributed by atoms with Gasteiger partial charge in [-0.3, -0.25) is 9.59 Å². The van der Waals surface area contributed by atoms with Crippen LogP contribution in [0.4, 0.5) is 0 Å². The monoisotopic (exact) mass is 428 g/mol. The first-order valence-corrected chi connectivity index (χ1v) is 12.7. The Morgan fingerprint density at radius 2 is 1.10 bits per heavy atom. The summed E-state index contributed by atoms with van der Waals surface area (Å²) in [5.41, 5.74) is 0. The minimum absolute atomic E-state index is 0.0651. The Labute approximate surface area is 187 Å². The molecule has 0 aliphatic rings. The number of hydrogen-bond donors (Lipinski definition) is 0. The lowest BCUT2D eigenvalue weighted by Crippen LogP contribution is -2.07. The molecule has 0 aliphatic heterocycles. The minimum Gasteiger partial charge on any atom is -0.469 e. The molecule has 0 aliphatic carbocycles. The predicted molar refractivity (Wildman–Crippen MR) is 128 cm³/mol. The molecule has 1 atom stereocenters. The molecule has 0 aromatic carbocycles. The maximum absolute atomic E-state index is 10.9. The molecule has 0 heterocycles. The highest BCUT2D eigenvalue weighted by Crippen LogP contribution is 2.13. The van der Waals surface area contributed by atoms with Crippen molar-refractivity contribution in [3.8, 4) is 0 Å². The summed E-state index contributed by atoms with van der Waals surface area (Å²) in [7, 11) is 1.47. The van der Waals surface area contributed by atoms with E-state index in [0.717, 1.165) is 12.8 Å². The number of ether oxygens (including phenoxy) is 2. The van der Waals surface area contributed by atoms with E-state index >= 15 is 0 Å². The highest BCUT2D eigenvalue weighted by atomic mass is 16.5. The van der Waals surface area contributed by atoms with Crippen molar-refractivity contribution < 1.29 is 19.1 Å². The Hall–Kier alpha value is -1.06. The largest absolute Gasteiger partial charge is 0.469 e. The molecular formula is C26H52O4. The zero-order valence-electron chi connectivity index (χ0n) is 20.9. The second-order valence-electron chi connectivity index (χ2n) is 8.59. The van der Waals surface area contributed by atoms with Gasteiger partial charge in [0.1, 0.15) is 0 Å². The van der Waals surface area contributed by atoms with Gasteiger partial charge in [-0.2, -0.15) is 0 Å². The lowest BCUT2D eigenvalue weighted by molar-refractivity contribution is -0.142. The number of esters is 2. The van der Waals surface area contributed by atoms with Crippen LogP contribution in [-0.4, -0.2) is 25.7 Å². The predicted octanol–water partition coefficient (Wildman–Crippen LogP) is 8.02. The van der Waals surface area contributed by atoms with E-state index in [9.17, 15) is 9.59 Å². The Balaban J connectivity index is 0. The van der Waals surface area contributed by atoms with Crippen LogP contribution in [0.25, 0.3) is 0 Å². The second-order valence-corrected chi connectivity index (χ2v) is 8.59. The van der Waals surface area contributed by atoms with Gasteiger partial charge in [0.25, 0.3) is 0 Å². The summed E-state index contributed by atoms with van der Waals surface area (Å²) in [6.45, 7) is 8.41. The molecule has 0 spiro atoms. The van der Waals surface area contributed by atoms with E-state index in [4.69, 9.17) is 4.74 Å². The SMILES string of the molecule is CCC(C)COC(C)=O.CCCCCCCCCCCCCCCCCC(=O)OC. The topological polar surface area (TPSA) is 52.6 Å². The van der Waals surface area contributed by atoms with Crippen molar-refractivity contribution in [2.24, 2.45) is 5.92 Å². The van der Waals surface area contributed by atoms with Crippen LogP contribution in [0.3, 0.4) is 0 Å². The number of unbranched alkanes of at least 4 members (excludes halogenated alkanes) is 14. The first kappa shape index (κ1) is 31.1. The van der Waals surface area contributed by atoms with Crippen LogP contribution in [0.15, 0.2) is 0 Å². The average molecular weight is 429 g/mol. The van der Waals surface area contributed by atoms with Crippen molar-refractivity contribution in [3.63, 3.8) is 0 Å². The van der Waals surface area contributed by atoms with Gasteiger partial charge in [0.05, 0.1) is 13.7 Å². The van der Waals surface area contributed by atoms with E-state index in [1.165, 1.54) is 104 Å². The van der Waals surface area contributed by atoms with Crippen molar-refractivity contribution in [1.82, 2.24) is 0 Å². The molecule has 4 heteroatoms. The van der Waals surface area contributed by atoms with E-state index < -0.39 is 0 Å². The molecule has 0 radical (unpaired) electrons. The standard InChI is InChI=1S/C19H38O2.C7H14O2/c1-3-4-5-6-7-8-9-10-11-12-13-14-15-16-17-18-19(20)21-2;1-4-6(2)5-9-7(3)8/h3-18H2,1-2H3;6H,4-5H2,1-3H3. The highest BCUT2D eigenvalue weighted by molar-refractivity contribution is 5.68. The Morgan fingerprint density at radius 1 is 0.700 bits per heavy atom. The third-order valence-corrected chi connectivity index (χ3v) is 5.48. The summed E-state index contributed by atoms with van der Waals surface area (Å²) in [5.74, 6) is 0.244. The molecule has 0 rings (SSSR count). The highest BCUT2D eigenvalue weighted by Gasteiger charge is 2.00. The average Bonchev–Trinajstić information content (AvgIpc) is 2.74. The molecular weight excluding hydrogens is 376 g/mol. The van der Waals surface area contributed by atoms with Crippen molar-refractivity contribution in [3.05, 3.63) is 0 Å². The Morgan fingerprint density at radius 3 is 1.43 bits per heavy atom. The number of methoxy groups -OCH3 is 1. The van der Waals surface area contributed by atoms with Gasteiger partial charge in [0.2, 0.25) is 0 Å². The molecule has 0 aromatic heterocycles. The molecule has 180 valence electrons. The molecule has 0 fully saturated rings. The Kier molecular flexibility index (Phi) is 27.0. The summed E-state index contributed by atoms with van der Waals surface area (Å²) >= 11 is 0.